The summed E-state index contributed by atoms with van der Waals surface area (Å²) >= 11 is 0. The van der Waals surface area contributed by atoms with Crippen molar-refractivity contribution in [3.8, 4) is 0 Å². The van der Waals surface area contributed by atoms with Crippen molar-refractivity contribution in [3.05, 3.63) is 42.0 Å². The van der Waals surface area contributed by atoms with Gasteiger partial charge in [-0.25, -0.2) is 4.98 Å². The minimum atomic E-state index is 0.524. The Morgan fingerprint density at radius 2 is 2.19 bits per heavy atom. The van der Waals surface area contributed by atoms with Crippen LogP contribution in [0.15, 0.2) is 30.6 Å². The lowest BCUT2D eigenvalue weighted by atomic mass is 10.1. The highest BCUT2D eigenvalue weighted by Crippen LogP contribution is 2.25. The molecule has 1 N–H and O–H groups in total. The molecule has 1 aromatic carbocycles. The van der Waals surface area contributed by atoms with Crippen LogP contribution in [0.3, 0.4) is 0 Å². The van der Waals surface area contributed by atoms with Crippen LogP contribution in [0.2, 0.25) is 0 Å². The SMILES string of the molecule is CCCC1CN(Cc2ncnn2C)c2ccccc2CN1. The van der Waals surface area contributed by atoms with Gasteiger partial charge in [-0.1, -0.05) is 31.5 Å². The summed E-state index contributed by atoms with van der Waals surface area (Å²) in [6, 6.07) is 9.17. The molecule has 0 saturated heterocycles. The van der Waals surface area contributed by atoms with Crippen molar-refractivity contribution in [3.63, 3.8) is 0 Å². The van der Waals surface area contributed by atoms with Gasteiger partial charge in [-0.05, 0) is 18.1 Å². The zero-order chi connectivity index (χ0) is 14.7. The summed E-state index contributed by atoms with van der Waals surface area (Å²) < 4.78 is 1.86. The van der Waals surface area contributed by atoms with E-state index in [1.54, 1.807) is 6.33 Å². The van der Waals surface area contributed by atoms with E-state index in [0.29, 0.717) is 6.04 Å². The molecule has 0 fully saturated rings. The highest BCUT2D eigenvalue weighted by Gasteiger charge is 2.21. The maximum absolute atomic E-state index is 4.37. The van der Waals surface area contributed by atoms with E-state index < -0.39 is 0 Å². The molecule has 1 aromatic heterocycles. The number of nitrogens with one attached hydrogen (secondary N) is 1. The predicted molar refractivity (Wildman–Crippen MR) is 84.0 cm³/mol. The molecular formula is C16H23N5. The normalized spacial score (nSPS) is 18.4. The molecule has 5 nitrogen and oxygen atoms in total. The number of anilines is 1. The van der Waals surface area contributed by atoms with Crippen LogP contribution in [0.25, 0.3) is 0 Å². The van der Waals surface area contributed by atoms with Crippen molar-refractivity contribution in [2.45, 2.75) is 38.9 Å². The number of aromatic nitrogens is 3. The number of hydrogen-bond acceptors (Lipinski definition) is 4. The summed E-state index contributed by atoms with van der Waals surface area (Å²) in [6.07, 6.45) is 4.02. The first-order valence-electron chi connectivity index (χ1n) is 7.67. The van der Waals surface area contributed by atoms with Crippen LogP contribution in [0.5, 0.6) is 0 Å². The Morgan fingerprint density at radius 3 is 2.95 bits per heavy atom. The van der Waals surface area contributed by atoms with Gasteiger partial charge < -0.3 is 10.2 Å². The van der Waals surface area contributed by atoms with E-state index >= 15 is 0 Å². The Kier molecular flexibility index (Phi) is 4.20. The summed E-state index contributed by atoms with van der Waals surface area (Å²) in [7, 11) is 1.95. The van der Waals surface area contributed by atoms with Gasteiger partial charge in [0.15, 0.2) is 0 Å². The van der Waals surface area contributed by atoms with Gasteiger partial charge in [0.1, 0.15) is 12.2 Å². The number of benzene rings is 1. The Bertz CT molecular complexity index is 592. The second-order valence-electron chi connectivity index (χ2n) is 5.68. The molecule has 2 heterocycles. The van der Waals surface area contributed by atoms with Gasteiger partial charge in [-0.15, -0.1) is 0 Å². The van der Waals surface area contributed by atoms with Gasteiger partial charge in [0.2, 0.25) is 0 Å². The fraction of sp³-hybridized carbons (Fsp3) is 0.500. The van der Waals surface area contributed by atoms with Crippen LogP contribution in [0.4, 0.5) is 5.69 Å². The molecule has 3 rings (SSSR count). The van der Waals surface area contributed by atoms with E-state index in [9.17, 15) is 0 Å². The lowest BCUT2D eigenvalue weighted by Gasteiger charge is -2.27. The Morgan fingerprint density at radius 1 is 1.33 bits per heavy atom. The summed E-state index contributed by atoms with van der Waals surface area (Å²) in [5, 5.41) is 7.86. The third kappa shape index (κ3) is 3.08. The molecule has 0 saturated carbocycles. The topological polar surface area (TPSA) is 46.0 Å². The van der Waals surface area contributed by atoms with E-state index in [1.807, 2.05) is 11.7 Å². The molecule has 0 spiro atoms. The molecule has 1 atom stereocenters. The van der Waals surface area contributed by atoms with Crippen molar-refractivity contribution in [1.29, 1.82) is 0 Å². The zero-order valence-electron chi connectivity index (χ0n) is 12.8. The number of rotatable bonds is 4. The summed E-state index contributed by atoms with van der Waals surface area (Å²) in [5.74, 6) is 1.00. The molecule has 5 heteroatoms. The first kappa shape index (κ1) is 14.1. The monoisotopic (exact) mass is 285 g/mol. The molecular weight excluding hydrogens is 262 g/mol. The third-order valence-corrected chi connectivity index (χ3v) is 4.13. The smallest absolute Gasteiger partial charge is 0.146 e. The van der Waals surface area contributed by atoms with E-state index in [4.69, 9.17) is 0 Å². The quantitative estimate of drug-likeness (QED) is 0.934. The lowest BCUT2D eigenvalue weighted by molar-refractivity contribution is 0.476. The largest absolute Gasteiger partial charge is 0.362 e. The number of aryl methyl sites for hydroxylation is 1. The minimum Gasteiger partial charge on any atom is -0.362 e. The first-order chi connectivity index (χ1) is 10.3. The Hall–Kier alpha value is -1.88. The molecule has 1 aliphatic rings. The first-order valence-corrected chi connectivity index (χ1v) is 7.67. The average Bonchev–Trinajstić information content (AvgIpc) is 2.80. The molecule has 0 bridgehead atoms. The number of nitrogens with zero attached hydrogens (tertiary/aromatic N) is 4. The number of hydrogen-bond donors (Lipinski definition) is 1. The molecule has 112 valence electrons. The molecule has 1 aliphatic heterocycles. The van der Waals surface area contributed by atoms with Crippen molar-refractivity contribution in [2.75, 3.05) is 11.4 Å². The van der Waals surface area contributed by atoms with Gasteiger partial charge in [-0.2, -0.15) is 5.10 Å². The molecule has 0 aliphatic carbocycles. The summed E-state index contributed by atoms with van der Waals surface area (Å²) in [4.78, 5) is 6.80. The second-order valence-corrected chi connectivity index (χ2v) is 5.68. The molecule has 1 unspecified atom stereocenters. The standard InChI is InChI=1S/C16H23N5/c1-3-6-14-10-21(11-16-18-12-19-20(16)2)15-8-5-4-7-13(15)9-17-14/h4-5,7-8,12,14,17H,3,6,9-11H2,1-2H3. The summed E-state index contributed by atoms with van der Waals surface area (Å²) in [5.41, 5.74) is 2.67. The van der Waals surface area contributed by atoms with Gasteiger partial charge in [0.25, 0.3) is 0 Å². The van der Waals surface area contributed by atoms with E-state index in [2.05, 4.69) is 51.5 Å². The highest BCUT2D eigenvalue weighted by molar-refractivity contribution is 5.54. The number of fused-ring (bicyclic) bond motifs is 1. The van der Waals surface area contributed by atoms with Crippen molar-refractivity contribution in [1.82, 2.24) is 20.1 Å². The zero-order valence-corrected chi connectivity index (χ0v) is 12.8. The highest BCUT2D eigenvalue weighted by atomic mass is 15.3. The van der Waals surface area contributed by atoms with E-state index in [-0.39, 0.29) is 0 Å². The molecule has 0 amide bonds. The van der Waals surface area contributed by atoms with Gasteiger partial charge in [0, 0.05) is 31.9 Å². The van der Waals surface area contributed by atoms with Crippen molar-refractivity contribution < 1.29 is 0 Å². The fourth-order valence-electron chi connectivity index (χ4n) is 2.98. The van der Waals surface area contributed by atoms with E-state index in [1.165, 1.54) is 24.1 Å². The fourth-order valence-corrected chi connectivity index (χ4v) is 2.98. The summed E-state index contributed by atoms with van der Waals surface area (Å²) in [6.45, 7) is 5.00. The molecule has 0 radical (unpaired) electrons. The predicted octanol–water partition coefficient (Wildman–Crippen LogP) is 2.09. The van der Waals surface area contributed by atoms with Crippen LogP contribution in [0.1, 0.15) is 31.2 Å². The van der Waals surface area contributed by atoms with Gasteiger partial charge >= 0.3 is 0 Å². The van der Waals surface area contributed by atoms with Crippen LogP contribution in [0, 0.1) is 0 Å². The maximum atomic E-state index is 4.37. The van der Waals surface area contributed by atoms with Crippen LogP contribution in [-0.2, 0) is 20.1 Å². The van der Waals surface area contributed by atoms with Crippen molar-refractivity contribution in [2.24, 2.45) is 7.05 Å². The van der Waals surface area contributed by atoms with Crippen LogP contribution >= 0.6 is 0 Å². The second kappa shape index (κ2) is 6.26. The van der Waals surface area contributed by atoms with Gasteiger partial charge in [-0.3, -0.25) is 4.68 Å². The van der Waals surface area contributed by atoms with Crippen LogP contribution in [-0.4, -0.2) is 27.4 Å². The molecule has 21 heavy (non-hydrogen) atoms. The maximum Gasteiger partial charge on any atom is 0.146 e. The van der Waals surface area contributed by atoms with Crippen molar-refractivity contribution >= 4 is 5.69 Å². The Balaban J connectivity index is 1.88. The number of para-hydroxylation sites is 1. The van der Waals surface area contributed by atoms with Gasteiger partial charge in [0.05, 0.1) is 6.54 Å². The average molecular weight is 285 g/mol. The van der Waals surface area contributed by atoms with E-state index in [0.717, 1.165) is 25.5 Å². The third-order valence-electron chi connectivity index (χ3n) is 4.13. The lowest BCUT2D eigenvalue weighted by Crippen LogP contribution is -2.38. The minimum absolute atomic E-state index is 0.524. The van der Waals surface area contributed by atoms with Crippen LogP contribution < -0.4 is 10.2 Å². The Labute approximate surface area is 126 Å². The molecule has 2 aromatic rings.